The molecule has 4 nitrogen and oxygen atoms in total. The lowest BCUT2D eigenvalue weighted by Gasteiger charge is -2.09. The minimum Gasteiger partial charge on any atom is -0.455 e. The molecular formula is C43H25N3OS. The second-order valence-corrected chi connectivity index (χ2v) is 12.4. The smallest absolute Gasteiger partial charge is 0.164 e. The quantitative estimate of drug-likeness (QED) is 0.192. The van der Waals surface area contributed by atoms with Gasteiger partial charge in [-0.2, -0.15) is 0 Å². The van der Waals surface area contributed by atoms with Gasteiger partial charge in [0.1, 0.15) is 11.2 Å². The Bertz CT molecular complexity index is 3350. The van der Waals surface area contributed by atoms with E-state index < -0.39 is 48.3 Å². The number of fused-ring (bicyclic) bond motifs is 8. The number of hydrogen-bond acceptors (Lipinski definition) is 5. The second kappa shape index (κ2) is 10.7. The molecule has 0 fully saturated rings. The number of furan rings is 1. The van der Waals surface area contributed by atoms with Crippen LogP contribution in [0.5, 0.6) is 0 Å². The lowest BCUT2D eigenvalue weighted by molar-refractivity contribution is 0.673. The third-order valence-electron chi connectivity index (χ3n) is 8.42. The van der Waals surface area contributed by atoms with Crippen LogP contribution in [0.4, 0.5) is 0 Å². The van der Waals surface area contributed by atoms with Gasteiger partial charge in [-0.1, -0.05) is 121 Å². The molecule has 0 aliphatic carbocycles. The minimum absolute atomic E-state index is 0.0495. The first-order valence-corrected chi connectivity index (χ1v) is 16.0. The molecule has 7 aromatic carbocycles. The van der Waals surface area contributed by atoms with Gasteiger partial charge in [-0.25, -0.2) is 15.0 Å². The zero-order chi connectivity index (χ0) is 39.4. The van der Waals surface area contributed by atoms with Crippen molar-refractivity contribution in [3.05, 3.63) is 151 Å². The molecule has 0 aliphatic rings. The van der Waals surface area contributed by atoms with Crippen LogP contribution in [0.15, 0.2) is 156 Å². The number of benzene rings is 7. The molecular weight excluding hydrogens is 607 g/mol. The van der Waals surface area contributed by atoms with Crippen LogP contribution < -0.4 is 0 Å². The Morgan fingerprint density at radius 3 is 2.08 bits per heavy atom. The van der Waals surface area contributed by atoms with Gasteiger partial charge in [-0.3, -0.25) is 0 Å². The largest absolute Gasteiger partial charge is 0.455 e. The van der Waals surface area contributed by atoms with Gasteiger partial charge in [-0.05, 0) is 46.8 Å². The summed E-state index contributed by atoms with van der Waals surface area (Å²) in [5.74, 6) is 0.514. The fourth-order valence-electron chi connectivity index (χ4n) is 6.17. The van der Waals surface area contributed by atoms with Crippen LogP contribution in [0.25, 0.3) is 98.2 Å². The molecule has 0 unspecified atom stereocenters. The zero-order valence-electron chi connectivity index (χ0n) is 33.9. The standard InChI is InChI=1S/C43H25N3OS/c1-3-10-26(11-4-1)31-16-9-17-37-39(31)35-23-20-30(25-38(35)48-37)43-45-41(28-13-5-2-6-14-28)44-42(46-43)29-19-21-33-34-22-18-27-12-7-8-15-32(27)40(34)47-36(33)24-29/h1-25H/i7D,8D,12D,15D,18D,19D,21D,22D,24D. The summed E-state index contributed by atoms with van der Waals surface area (Å²) in [5.41, 5.74) is 3.10. The van der Waals surface area contributed by atoms with E-state index in [9.17, 15) is 4.11 Å². The number of hydrogen-bond donors (Lipinski definition) is 0. The van der Waals surface area contributed by atoms with Crippen molar-refractivity contribution in [3.8, 4) is 45.3 Å². The lowest BCUT2D eigenvalue weighted by Crippen LogP contribution is -2.00. The maximum atomic E-state index is 9.41. The van der Waals surface area contributed by atoms with Gasteiger partial charge in [0.05, 0.1) is 12.3 Å². The van der Waals surface area contributed by atoms with Gasteiger partial charge in [-0.15, -0.1) is 11.3 Å². The molecule has 10 rings (SSSR count). The first kappa shape index (κ1) is 19.5. The highest BCUT2D eigenvalue weighted by molar-refractivity contribution is 7.26. The van der Waals surface area contributed by atoms with Crippen LogP contribution >= 0.6 is 11.3 Å². The molecule has 3 aromatic heterocycles. The monoisotopic (exact) mass is 640 g/mol. The zero-order valence-corrected chi connectivity index (χ0v) is 25.7. The predicted octanol–water partition coefficient (Wildman–Crippen LogP) is 12.0. The maximum Gasteiger partial charge on any atom is 0.164 e. The van der Waals surface area contributed by atoms with E-state index >= 15 is 0 Å². The summed E-state index contributed by atoms with van der Waals surface area (Å²) >= 11 is 1.65. The normalized spacial score (nSPS) is 14.4. The highest BCUT2D eigenvalue weighted by Crippen LogP contribution is 2.42. The first-order valence-electron chi connectivity index (χ1n) is 19.7. The molecule has 0 amide bonds. The summed E-state index contributed by atoms with van der Waals surface area (Å²) in [6, 6.07) is 27.6. The highest BCUT2D eigenvalue weighted by Gasteiger charge is 2.17. The van der Waals surface area contributed by atoms with E-state index in [2.05, 4.69) is 30.3 Å². The summed E-state index contributed by atoms with van der Waals surface area (Å²) in [6.45, 7) is 0. The van der Waals surface area contributed by atoms with Crippen molar-refractivity contribution >= 4 is 64.2 Å². The van der Waals surface area contributed by atoms with Crippen LogP contribution in [0.2, 0.25) is 0 Å². The van der Waals surface area contributed by atoms with Gasteiger partial charge in [0.15, 0.2) is 17.5 Å². The number of thiophene rings is 1. The molecule has 0 aliphatic heterocycles. The Morgan fingerprint density at radius 1 is 0.521 bits per heavy atom. The van der Waals surface area contributed by atoms with Crippen molar-refractivity contribution in [2.75, 3.05) is 0 Å². The SMILES string of the molecule is [2H]c1c([2H])c([2H])c2c(c1[2H])c([2H])c([2H])c1c2oc2c([2H])c(-c3nc(-c4ccccc4)nc(-c4ccc5c(c4)sc4cccc(-c6ccccc6)c45)n3)c([2H])c([2H])c21. The van der Waals surface area contributed by atoms with Gasteiger partial charge in [0.25, 0.3) is 0 Å². The lowest BCUT2D eigenvalue weighted by atomic mass is 9.99. The van der Waals surface area contributed by atoms with Gasteiger partial charge < -0.3 is 4.42 Å². The topological polar surface area (TPSA) is 51.8 Å². The summed E-state index contributed by atoms with van der Waals surface area (Å²) in [6.07, 6.45) is 0. The van der Waals surface area contributed by atoms with Crippen LogP contribution in [0, 0.1) is 0 Å². The predicted molar refractivity (Wildman–Crippen MR) is 199 cm³/mol. The van der Waals surface area contributed by atoms with Crippen LogP contribution in [0.1, 0.15) is 12.3 Å². The summed E-state index contributed by atoms with van der Waals surface area (Å²) in [4.78, 5) is 14.4. The van der Waals surface area contributed by atoms with Crippen molar-refractivity contribution in [1.29, 1.82) is 0 Å². The Morgan fingerprint density at radius 2 is 1.25 bits per heavy atom. The fraction of sp³-hybridized carbons (Fsp3) is 0. The van der Waals surface area contributed by atoms with Gasteiger partial charge >= 0.3 is 0 Å². The number of rotatable bonds is 4. The van der Waals surface area contributed by atoms with E-state index in [0.717, 1.165) is 31.3 Å². The molecule has 0 spiro atoms. The van der Waals surface area contributed by atoms with E-state index in [1.54, 1.807) is 11.3 Å². The Kier molecular flexibility index (Phi) is 4.34. The molecule has 224 valence electrons. The maximum absolute atomic E-state index is 9.41. The average Bonchev–Trinajstić information content (AvgIpc) is 3.83. The third-order valence-corrected chi connectivity index (χ3v) is 9.54. The third kappa shape index (κ3) is 4.33. The van der Waals surface area contributed by atoms with E-state index in [-0.39, 0.29) is 61.8 Å². The number of aromatic nitrogens is 3. The van der Waals surface area contributed by atoms with Crippen LogP contribution in [0.3, 0.4) is 0 Å². The molecule has 48 heavy (non-hydrogen) atoms. The van der Waals surface area contributed by atoms with Crippen molar-refractivity contribution in [3.63, 3.8) is 0 Å². The average molecular weight is 641 g/mol. The molecule has 0 bridgehead atoms. The molecule has 3 heterocycles. The van der Waals surface area contributed by atoms with E-state index in [4.69, 9.17) is 27.6 Å². The van der Waals surface area contributed by atoms with E-state index in [0.29, 0.717) is 11.1 Å². The van der Waals surface area contributed by atoms with Crippen molar-refractivity contribution in [1.82, 2.24) is 15.0 Å². The Hall–Kier alpha value is -6.17. The number of nitrogens with zero attached hydrogens (tertiary/aromatic N) is 3. The molecule has 0 N–H and O–H groups in total. The molecule has 0 radical (unpaired) electrons. The van der Waals surface area contributed by atoms with Crippen LogP contribution in [-0.4, -0.2) is 15.0 Å². The van der Waals surface area contributed by atoms with Gasteiger partial charge in [0.2, 0.25) is 0 Å². The highest BCUT2D eigenvalue weighted by atomic mass is 32.1. The Labute approximate surface area is 292 Å². The summed E-state index contributed by atoms with van der Waals surface area (Å²) in [5, 5.41) is 1.71. The summed E-state index contributed by atoms with van der Waals surface area (Å²) in [7, 11) is 0. The van der Waals surface area contributed by atoms with E-state index in [1.807, 2.05) is 66.7 Å². The second-order valence-electron chi connectivity index (χ2n) is 11.3. The summed E-state index contributed by atoms with van der Waals surface area (Å²) < 4.78 is 87.4. The molecule has 10 aromatic rings. The van der Waals surface area contributed by atoms with Crippen molar-refractivity contribution in [2.45, 2.75) is 0 Å². The molecule has 0 saturated carbocycles. The van der Waals surface area contributed by atoms with Crippen molar-refractivity contribution < 1.29 is 16.8 Å². The first-order chi connectivity index (χ1) is 27.5. The van der Waals surface area contributed by atoms with Crippen LogP contribution in [-0.2, 0) is 0 Å². The Balaban J connectivity index is 1.22. The molecule has 0 atom stereocenters. The molecule has 5 heteroatoms. The van der Waals surface area contributed by atoms with Gasteiger partial charge in [0, 0.05) is 53.0 Å². The fourth-order valence-corrected chi connectivity index (χ4v) is 7.34. The van der Waals surface area contributed by atoms with E-state index in [1.165, 1.54) is 0 Å². The van der Waals surface area contributed by atoms with Crippen molar-refractivity contribution in [2.24, 2.45) is 0 Å². The minimum atomic E-state index is -0.558. The molecule has 0 saturated heterocycles.